The topological polar surface area (TPSA) is 45.0 Å². The van der Waals surface area contributed by atoms with Crippen molar-refractivity contribution in [2.75, 3.05) is 12.4 Å². The van der Waals surface area contributed by atoms with E-state index in [-0.39, 0.29) is 0 Å². The third-order valence-electron chi connectivity index (χ3n) is 2.81. The number of anilines is 1. The number of nitrogens with one attached hydrogen (secondary N) is 1. The molecule has 0 bridgehead atoms. The highest BCUT2D eigenvalue weighted by atomic mass is 79.9. The summed E-state index contributed by atoms with van der Waals surface area (Å²) >= 11 is 6.94. The second-order valence-corrected chi connectivity index (χ2v) is 5.86. The molecule has 20 heavy (non-hydrogen) atoms. The molecule has 0 heterocycles. The summed E-state index contributed by atoms with van der Waals surface area (Å²) in [5, 5.41) is 12.3. The molecular formula is C15H12Br2N2O. The van der Waals surface area contributed by atoms with Crippen molar-refractivity contribution in [1.29, 1.82) is 5.26 Å². The van der Waals surface area contributed by atoms with Gasteiger partial charge in [-0.05, 0) is 40.2 Å². The van der Waals surface area contributed by atoms with Crippen LogP contribution in [-0.4, -0.2) is 7.11 Å². The van der Waals surface area contributed by atoms with Gasteiger partial charge in [-0.1, -0.05) is 28.1 Å². The lowest BCUT2D eigenvalue weighted by Crippen LogP contribution is -2.03. The number of hydrogen-bond acceptors (Lipinski definition) is 3. The third-order valence-corrected chi connectivity index (χ3v) is 3.85. The van der Waals surface area contributed by atoms with Gasteiger partial charge in [0.1, 0.15) is 11.8 Å². The van der Waals surface area contributed by atoms with E-state index in [2.05, 4.69) is 43.2 Å². The van der Waals surface area contributed by atoms with Crippen molar-refractivity contribution in [2.24, 2.45) is 0 Å². The van der Waals surface area contributed by atoms with Gasteiger partial charge in [0.2, 0.25) is 0 Å². The van der Waals surface area contributed by atoms with Crippen LogP contribution in [0.5, 0.6) is 5.75 Å². The first-order valence-corrected chi connectivity index (χ1v) is 7.49. The minimum absolute atomic E-state index is 0.569. The van der Waals surface area contributed by atoms with Crippen molar-refractivity contribution in [3.8, 4) is 11.8 Å². The Labute approximate surface area is 134 Å². The van der Waals surface area contributed by atoms with E-state index in [1.807, 2.05) is 30.3 Å². The van der Waals surface area contributed by atoms with Gasteiger partial charge in [0.05, 0.1) is 22.8 Å². The fourth-order valence-electron chi connectivity index (χ4n) is 1.90. The molecule has 5 heteroatoms. The van der Waals surface area contributed by atoms with E-state index in [9.17, 15) is 0 Å². The van der Waals surface area contributed by atoms with Crippen LogP contribution in [0, 0.1) is 11.3 Å². The number of benzene rings is 2. The Bertz CT molecular complexity index is 665. The smallest absolute Gasteiger partial charge is 0.138 e. The van der Waals surface area contributed by atoms with Crippen molar-refractivity contribution < 1.29 is 4.74 Å². The van der Waals surface area contributed by atoms with Crippen molar-refractivity contribution in [3.05, 3.63) is 56.5 Å². The van der Waals surface area contributed by atoms with Gasteiger partial charge < -0.3 is 10.1 Å². The van der Waals surface area contributed by atoms with Crippen LogP contribution >= 0.6 is 31.9 Å². The molecule has 0 aliphatic heterocycles. The Hall–Kier alpha value is -1.51. The summed E-state index contributed by atoms with van der Waals surface area (Å²) in [6.45, 7) is 0.569. The fourth-order valence-corrected chi connectivity index (χ4v) is 3.37. The summed E-state index contributed by atoms with van der Waals surface area (Å²) in [5.74, 6) is 0.787. The Balaban J connectivity index is 2.25. The molecule has 0 spiro atoms. The van der Waals surface area contributed by atoms with Gasteiger partial charge in [-0.25, -0.2) is 0 Å². The number of halogens is 2. The highest BCUT2D eigenvalue weighted by Gasteiger charge is 2.10. The lowest BCUT2D eigenvalue weighted by atomic mass is 10.1. The Morgan fingerprint density at radius 2 is 2.00 bits per heavy atom. The largest absolute Gasteiger partial charge is 0.495 e. The molecular weight excluding hydrogens is 384 g/mol. The molecule has 0 unspecified atom stereocenters. The van der Waals surface area contributed by atoms with Gasteiger partial charge in [0.25, 0.3) is 0 Å². The summed E-state index contributed by atoms with van der Waals surface area (Å²) in [6.07, 6.45) is 0. The molecule has 0 aliphatic rings. The number of rotatable bonds is 4. The zero-order chi connectivity index (χ0) is 14.5. The summed E-state index contributed by atoms with van der Waals surface area (Å²) in [6, 6.07) is 13.5. The predicted molar refractivity (Wildman–Crippen MR) is 86.9 cm³/mol. The van der Waals surface area contributed by atoms with E-state index in [1.54, 1.807) is 13.2 Å². The number of para-hydroxylation sites is 1. The van der Waals surface area contributed by atoms with E-state index < -0.39 is 0 Å². The molecule has 0 fully saturated rings. The maximum absolute atomic E-state index is 9.07. The molecule has 0 saturated heterocycles. The van der Waals surface area contributed by atoms with Gasteiger partial charge in [0.15, 0.2) is 0 Å². The van der Waals surface area contributed by atoms with E-state index in [0.29, 0.717) is 12.1 Å². The second kappa shape index (κ2) is 6.78. The molecule has 0 radical (unpaired) electrons. The summed E-state index contributed by atoms with van der Waals surface area (Å²) in [5.41, 5.74) is 2.44. The van der Waals surface area contributed by atoms with E-state index in [4.69, 9.17) is 10.00 Å². The van der Waals surface area contributed by atoms with Gasteiger partial charge in [-0.2, -0.15) is 5.26 Å². The highest BCUT2D eigenvalue weighted by molar-refractivity contribution is 9.11. The minimum Gasteiger partial charge on any atom is -0.495 e. The molecule has 2 aromatic rings. The molecule has 102 valence electrons. The Kier molecular flexibility index (Phi) is 5.05. The fraction of sp³-hybridized carbons (Fsp3) is 0.133. The van der Waals surface area contributed by atoms with Crippen LogP contribution in [0.4, 0.5) is 5.69 Å². The molecule has 2 aromatic carbocycles. The highest BCUT2D eigenvalue weighted by Crippen LogP contribution is 2.33. The van der Waals surface area contributed by atoms with Gasteiger partial charge in [-0.15, -0.1) is 0 Å². The summed E-state index contributed by atoms with van der Waals surface area (Å²) in [4.78, 5) is 0. The summed E-state index contributed by atoms with van der Waals surface area (Å²) < 4.78 is 7.26. The first-order valence-electron chi connectivity index (χ1n) is 5.90. The van der Waals surface area contributed by atoms with Gasteiger partial charge >= 0.3 is 0 Å². The van der Waals surface area contributed by atoms with Crippen molar-refractivity contribution in [1.82, 2.24) is 0 Å². The Morgan fingerprint density at radius 1 is 1.25 bits per heavy atom. The van der Waals surface area contributed by atoms with Crippen LogP contribution in [0.15, 0.2) is 45.3 Å². The van der Waals surface area contributed by atoms with Crippen LogP contribution in [0.1, 0.15) is 11.1 Å². The number of methoxy groups -OCH3 is 1. The first kappa shape index (κ1) is 14.9. The molecule has 0 aromatic heterocycles. The minimum atomic E-state index is 0.569. The molecule has 0 amide bonds. The molecule has 1 N–H and O–H groups in total. The number of ether oxygens (including phenoxy) is 1. The predicted octanol–water partition coefficient (Wildman–Crippen LogP) is 4.70. The van der Waals surface area contributed by atoms with Gasteiger partial charge in [-0.3, -0.25) is 0 Å². The molecule has 3 nitrogen and oxygen atoms in total. The van der Waals surface area contributed by atoms with E-state index in [0.717, 1.165) is 25.9 Å². The SMILES string of the molecule is COc1c(Br)cc(Br)cc1CNc1ccccc1C#N. The van der Waals surface area contributed by atoms with E-state index >= 15 is 0 Å². The monoisotopic (exact) mass is 394 g/mol. The number of hydrogen-bond donors (Lipinski definition) is 1. The van der Waals surface area contributed by atoms with Crippen LogP contribution in [0.25, 0.3) is 0 Å². The molecule has 0 saturated carbocycles. The van der Waals surface area contributed by atoms with Crippen LogP contribution in [0.2, 0.25) is 0 Å². The van der Waals surface area contributed by atoms with E-state index in [1.165, 1.54) is 0 Å². The zero-order valence-electron chi connectivity index (χ0n) is 10.8. The zero-order valence-corrected chi connectivity index (χ0v) is 14.0. The van der Waals surface area contributed by atoms with Crippen LogP contribution in [0.3, 0.4) is 0 Å². The molecule has 2 rings (SSSR count). The standard InChI is InChI=1S/C15H12Br2N2O/c1-20-15-11(6-12(16)7-13(15)17)9-19-14-5-3-2-4-10(14)8-18/h2-7,19H,9H2,1H3. The Morgan fingerprint density at radius 3 is 2.70 bits per heavy atom. The lowest BCUT2D eigenvalue weighted by molar-refractivity contribution is 0.407. The summed E-state index contributed by atoms with van der Waals surface area (Å²) in [7, 11) is 1.64. The lowest BCUT2D eigenvalue weighted by Gasteiger charge is -2.13. The second-order valence-electron chi connectivity index (χ2n) is 4.09. The molecule has 0 atom stereocenters. The first-order chi connectivity index (χ1) is 9.65. The normalized spacial score (nSPS) is 9.90. The third kappa shape index (κ3) is 3.33. The number of nitriles is 1. The van der Waals surface area contributed by atoms with Crippen molar-refractivity contribution in [2.45, 2.75) is 6.54 Å². The maximum Gasteiger partial charge on any atom is 0.138 e. The van der Waals surface area contributed by atoms with Crippen molar-refractivity contribution in [3.63, 3.8) is 0 Å². The van der Waals surface area contributed by atoms with Crippen LogP contribution < -0.4 is 10.1 Å². The number of nitrogens with zero attached hydrogens (tertiary/aromatic N) is 1. The van der Waals surface area contributed by atoms with Crippen LogP contribution in [-0.2, 0) is 6.54 Å². The average molecular weight is 396 g/mol. The van der Waals surface area contributed by atoms with Gasteiger partial charge in [0, 0.05) is 16.6 Å². The maximum atomic E-state index is 9.07. The average Bonchev–Trinajstić information content (AvgIpc) is 2.45. The quantitative estimate of drug-likeness (QED) is 0.815. The molecule has 0 aliphatic carbocycles. The van der Waals surface area contributed by atoms with Crippen molar-refractivity contribution >= 4 is 37.5 Å².